The number of nitriles is 1. The number of nitrogens with two attached hydrogens (primary N) is 1. The molecule has 10 nitrogen and oxygen atoms in total. The largest absolute Gasteiger partial charge is 0.379 e. The minimum absolute atomic E-state index is 0.212. The van der Waals surface area contributed by atoms with Crippen LogP contribution >= 0.6 is 0 Å². The van der Waals surface area contributed by atoms with Crippen LogP contribution in [0.2, 0.25) is 0 Å². The van der Waals surface area contributed by atoms with Crippen LogP contribution in [0.3, 0.4) is 0 Å². The highest BCUT2D eigenvalue weighted by molar-refractivity contribution is 5.18. The number of aryl methyl sites for hydroxylation is 2. The van der Waals surface area contributed by atoms with Gasteiger partial charge in [-0.2, -0.15) is 5.26 Å². The van der Waals surface area contributed by atoms with Gasteiger partial charge in [-0.15, -0.1) is 0 Å². The Morgan fingerprint density at radius 1 is 0.844 bits per heavy atom. The number of hydrogen-bond acceptors (Lipinski definition) is 10. The molecule has 0 aromatic carbocycles. The Balaban J connectivity index is 0.000000181. The first kappa shape index (κ1) is 24.1. The molecule has 0 bridgehead atoms. The van der Waals surface area contributed by atoms with Gasteiger partial charge in [0.05, 0.1) is 38.5 Å². The molecule has 0 saturated carbocycles. The predicted octanol–water partition coefficient (Wildman–Crippen LogP) is 0.799. The molecule has 172 valence electrons. The predicted molar refractivity (Wildman–Crippen MR) is 118 cm³/mol. The van der Waals surface area contributed by atoms with Gasteiger partial charge in [0.1, 0.15) is 17.7 Å². The van der Waals surface area contributed by atoms with Crippen LogP contribution in [0.1, 0.15) is 34.9 Å². The lowest BCUT2D eigenvalue weighted by Gasteiger charge is -2.33. The molecule has 0 amide bonds. The van der Waals surface area contributed by atoms with Crippen LogP contribution in [0.15, 0.2) is 24.8 Å². The molecule has 2 aliphatic rings. The maximum atomic E-state index is 9.21. The van der Waals surface area contributed by atoms with E-state index in [2.05, 4.69) is 35.8 Å². The molecular weight excluding hydrogens is 408 g/mol. The Labute approximate surface area is 189 Å². The normalized spacial score (nSPS) is 19.3. The summed E-state index contributed by atoms with van der Waals surface area (Å²) in [5.74, 6) is 1.52. The van der Waals surface area contributed by atoms with Crippen LogP contribution in [-0.2, 0) is 9.47 Å². The zero-order valence-electron chi connectivity index (χ0n) is 18.9. The number of morpholine rings is 2. The molecule has 2 atom stereocenters. The average molecular weight is 441 g/mol. The fourth-order valence-electron chi connectivity index (χ4n) is 3.71. The third-order valence-electron chi connectivity index (χ3n) is 5.55. The zero-order chi connectivity index (χ0) is 22.8. The molecule has 32 heavy (non-hydrogen) atoms. The van der Waals surface area contributed by atoms with E-state index in [0.717, 1.165) is 62.2 Å². The molecule has 4 heterocycles. The number of nitrogens with zero attached hydrogens (tertiary/aromatic N) is 7. The lowest BCUT2D eigenvalue weighted by Crippen LogP contribution is -2.41. The van der Waals surface area contributed by atoms with Crippen LogP contribution < -0.4 is 5.73 Å². The fourth-order valence-corrected chi connectivity index (χ4v) is 3.71. The maximum Gasteiger partial charge on any atom is 0.127 e. The van der Waals surface area contributed by atoms with Gasteiger partial charge in [-0.05, 0) is 13.8 Å². The Morgan fingerprint density at radius 2 is 1.28 bits per heavy atom. The minimum Gasteiger partial charge on any atom is -0.379 e. The first-order valence-corrected chi connectivity index (χ1v) is 10.9. The molecule has 10 heteroatoms. The summed E-state index contributed by atoms with van der Waals surface area (Å²) >= 11 is 0. The second kappa shape index (κ2) is 12.5. The Kier molecular flexibility index (Phi) is 9.40. The van der Waals surface area contributed by atoms with Crippen molar-refractivity contribution in [2.24, 2.45) is 5.73 Å². The molecule has 0 radical (unpaired) electrons. The van der Waals surface area contributed by atoms with Crippen molar-refractivity contribution in [1.29, 1.82) is 5.26 Å². The Morgan fingerprint density at radius 3 is 1.72 bits per heavy atom. The quantitative estimate of drug-likeness (QED) is 0.713. The summed E-state index contributed by atoms with van der Waals surface area (Å²) in [6.07, 6.45) is 7.20. The average Bonchev–Trinajstić information content (AvgIpc) is 2.84. The lowest BCUT2D eigenvalue weighted by atomic mass is 10.1. The molecule has 2 unspecified atom stereocenters. The molecular formula is C22H32N8O2. The molecule has 2 aromatic heterocycles. The first-order valence-electron chi connectivity index (χ1n) is 10.9. The van der Waals surface area contributed by atoms with Crippen LogP contribution in [0.25, 0.3) is 0 Å². The van der Waals surface area contributed by atoms with E-state index in [1.807, 2.05) is 26.2 Å². The maximum absolute atomic E-state index is 9.21. The summed E-state index contributed by atoms with van der Waals surface area (Å²) < 4.78 is 10.6. The monoisotopic (exact) mass is 440 g/mol. The van der Waals surface area contributed by atoms with Gasteiger partial charge >= 0.3 is 0 Å². The highest BCUT2D eigenvalue weighted by Crippen LogP contribution is 2.20. The van der Waals surface area contributed by atoms with Crippen molar-refractivity contribution < 1.29 is 9.47 Å². The van der Waals surface area contributed by atoms with Crippen molar-refractivity contribution in [2.45, 2.75) is 25.9 Å². The van der Waals surface area contributed by atoms with Crippen molar-refractivity contribution in [1.82, 2.24) is 29.7 Å². The number of hydrogen-bond donors (Lipinski definition) is 1. The SMILES string of the molecule is Cc1ncc(C(C#N)N2CCOCC2)cn1.Cc1ncc(C(CN)N2CCOCC2)cn1. The van der Waals surface area contributed by atoms with E-state index < -0.39 is 0 Å². The molecule has 2 aromatic rings. The summed E-state index contributed by atoms with van der Waals surface area (Å²) in [6, 6.07) is 2.25. The molecule has 2 N–H and O–H groups in total. The van der Waals surface area contributed by atoms with Gasteiger partial charge < -0.3 is 15.2 Å². The van der Waals surface area contributed by atoms with Gasteiger partial charge in [0, 0.05) is 68.6 Å². The number of aromatic nitrogens is 4. The third-order valence-corrected chi connectivity index (χ3v) is 5.55. The molecule has 2 fully saturated rings. The third kappa shape index (κ3) is 6.72. The Hall–Kier alpha value is -2.55. The highest BCUT2D eigenvalue weighted by atomic mass is 16.5. The zero-order valence-corrected chi connectivity index (χ0v) is 18.9. The van der Waals surface area contributed by atoms with Crippen molar-refractivity contribution in [3.63, 3.8) is 0 Å². The van der Waals surface area contributed by atoms with Crippen molar-refractivity contribution in [2.75, 3.05) is 59.2 Å². The van der Waals surface area contributed by atoms with Gasteiger partial charge in [-0.3, -0.25) is 9.80 Å². The van der Waals surface area contributed by atoms with Crippen molar-refractivity contribution in [3.8, 4) is 6.07 Å². The van der Waals surface area contributed by atoms with E-state index in [4.69, 9.17) is 15.2 Å². The van der Waals surface area contributed by atoms with Gasteiger partial charge in [-0.1, -0.05) is 0 Å². The van der Waals surface area contributed by atoms with E-state index in [0.29, 0.717) is 19.8 Å². The van der Waals surface area contributed by atoms with Crippen molar-refractivity contribution in [3.05, 3.63) is 47.6 Å². The summed E-state index contributed by atoms with van der Waals surface area (Å²) in [6.45, 7) is 10.7. The highest BCUT2D eigenvalue weighted by Gasteiger charge is 2.23. The summed E-state index contributed by atoms with van der Waals surface area (Å²) in [4.78, 5) is 21.1. The molecule has 2 saturated heterocycles. The van der Waals surface area contributed by atoms with Crippen LogP contribution in [0.4, 0.5) is 0 Å². The van der Waals surface area contributed by atoms with Gasteiger partial charge in [0.25, 0.3) is 0 Å². The first-order chi connectivity index (χ1) is 15.6. The minimum atomic E-state index is -0.260. The van der Waals surface area contributed by atoms with Crippen LogP contribution in [0.5, 0.6) is 0 Å². The van der Waals surface area contributed by atoms with E-state index in [1.54, 1.807) is 12.4 Å². The lowest BCUT2D eigenvalue weighted by molar-refractivity contribution is 0.0177. The number of ether oxygens (including phenoxy) is 2. The standard InChI is InChI=1S/C11H18N4O.C11H14N4O/c2*1-9-13-7-10(8-14-9)11(6-12)15-2-4-16-5-3-15/h7-8,11H,2-6,12H2,1H3;7-8,11H,2-5H2,1H3. The fraction of sp³-hybridized carbons (Fsp3) is 0.591. The van der Waals surface area contributed by atoms with Crippen LogP contribution in [0, 0.1) is 25.2 Å². The molecule has 0 aliphatic carbocycles. The molecule has 2 aliphatic heterocycles. The second-order valence-corrected chi connectivity index (χ2v) is 7.71. The van der Waals surface area contributed by atoms with Crippen molar-refractivity contribution >= 4 is 0 Å². The van der Waals surface area contributed by atoms with E-state index in [9.17, 15) is 5.26 Å². The Bertz CT molecular complexity index is 844. The van der Waals surface area contributed by atoms with Gasteiger partial charge in [-0.25, -0.2) is 19.9 Å². The summed E-state index contributed by atoms with van der Waals surface area (Å²) in [5, 5.41) is 9.21. The topological polar surface area (TPSA) is 126 Å². The smallest absolute Gasteiger partial charge is 0.127 e. The van der Waals surface area contributed by atoms with E-state index in [-0.39, 0.29) is 12.1 Å². The summed E-state index contributed by atoms with van der Waals surface area (Å²) in [5.41, 5.74) is 7.78. The molecule has 4 rings (SSSR count). The van der Waals surface area contributed by atoms with Crippen LogP contribution in [-0.4, -0.2) is 88.9 Å². The van der Waals surface area contributed by atoms with E-state index >= 15 is 0 Å². The second-order valence-electron chi connectivity index (χ2n) is 7.71. The number of rotatable bonds is 5. The van der Waals surface area contributed by atoms with Gasteiger partial charge in [0.2, 0.25) is 0 Å². The molecule has 0 spiro atoms. The van der Waals surface area contributed by atoms with Gasteiger partial charge in [0.15, 0.2) is 0 Å². The summed E-state index contributed by atoms with van der Waals surface area (Å²) in [7, 11) is 0. The van der Waals surface area contributed by atoms with E-state index in [1.165, 1.54) is 0 Å².